The molecule has 0 fully saturated rings. The normalized spacial score (nSPS) is 10.9. The highest BCUT2D eigenvalue weighted by molar-refractivity contribution is 5.83. The van der Waals surface area contributed by atoms with E-state index in [-0.39, 0.29) is 0 Å². The smallest absolute Gasteiger partial charge is 0.0105 e. The number of unbranched alkanes of at least 4 members (excludes halogenated alkanes) is 4. The highest BCUT2D eigenvalue weighted by Gasteiger charge is 2.09. The first kappa shape index (κ1) is 20.4. The molecule has 0 spiro atoms. The van der Waals surface area contributed by atoms with Crippen LogP contribution in [0.1, 0.15) is 63.5 Å². The van der Waals surface area contributed by atoms with Gasteiger partial charge in [0.1, 0.15) is 0 Å². The zero-order valence-electron chi connectivity index (χ0n) is 17.6. The van der Waals surface area contributed by atoms with E-state index in [0.29, 0.717) is 0 Å². The van der Waals surface area contributed by atoms with E-state index in [1.165, 1.54) is 84.7 Å². The van der Waals surface area contributed by atoms with Crippen LogP contribution in [-0.4, -0.2) is 0 Å². The summed E-state index contributed by atoms with van der Waals surface area (Å²) in [5.41, 5.74) is 8.35. The summed E-state index contributed by atoms with van der Waals surface area (Å²) in [6.07, 6.45) is 10.1. The lowest BCUT2D eigenvalue weighted by Gasteiger charge is -2.14. The maximum absolute atomic E-state index is 2.46. The SMILES string of the molecule is CCCCCc1cc(CCCCC)cc(-c2ccccc2-c2ccccc2)c1. The summed E-state index contributed by atoms with van der Waals surface area (Å²) in [6.45, 7) is 4.56. The Morgan fingerprint density at radius 2 is 1.00 bits per heavy atom. The average molecular weight is 371 g/mol. The quantitative estimate of drug-likeness (QED) is 0.314. The lowest BCUT2D eigenvalue weighted by Crippen LogP contribution is -1.94. The molecule has 3 rings (SSSR count). The Bertz CT molecular complexity index is 817. The van der Waals surface area contributed by atoms with Crippen molar-refractivity contribution in [3.63, 3.8) is 0 Å². The summed E-state index contributed by atoms with van der Waals surface area (Å²) in [4.78, 5) is 0. The molecule has 0 bridgehead atoms. The lowest BCUT2D eigenvalue weighted by molar-refractivity contribution is 0.709. The van der Waals surface area contributed by atoms with Gasteiger partial charge < -0.3 is 0 Å². The summed E-state index contributed by atoms with van der Waals surface area (Å²) in [7, 11) is 0. The van der Waals surface area contributed by atoms with Crippen LogP contribution in [0, 0.1) is 0 Å². The van der Waals surface area contributed by atoms with Crippen molar-refractivity contribution in [1.29, 1.82) is 0 Å². The second-order valence-corrected chi connectivity index (χ2v) is 7.86. The summed E-state index contributed by atoms with van der Waals surface area (Å²) in [5, 5.41) is 0. The van der Waals surface area contributed by atoms with Crippen molar-refractivity contribution in [2.75, 3.05) is 0 Å². The van der Waals surface area contributed by atoms with Crippen LogP contribution in [0.2, 0.25) is 0 Å². The molecular formula is C28H34. The molecule has 0 radical (unpaired) electrons. The van der Waals surface area contributed by atoms with Gasteiger partial charge in [-0.3, -0.25) is 0 Å². The third kappa shape index (κ3) is 5.58. The fourth-order valence-electron chi connectivity index (χ4n) is 3.97. The van der Waals surface area contributed by atoms with Gasteiger partial charge in [0.05, 0.1) is 0 Å². The van der Waals surface area contributed by atoms with Gasteiger partial charge in [-0.25, -0.2) is 0 Å². The number of benzene rings is 3. The summed E-state index contributed by atoms with van der Waals surface area (Å²) in [5.74, 6) is 0. The largest absolute Gasteiger partial charge is 0.0654 e. The number of hydrogen-bond donors (Lipinski definition) is 0. The maximum atomic E-state index is 2.46. The first-order valence-corrected chi connectivity index (χ1v) is 11.1. The van der Waals surface area contributed by atoms with Gasteiger partial charge in [0, 0.05) is 0 Å². The fraction of sp³-hybridized carbons (Fsp3) is 0.357. The number of rotatable bonds is 10. The van der Waals surface area contributed by atoms with Gasteiger partial charge in [-0.05, 0) is 59.1 Å². The molecule has 0 aliphatic carbocycles. The Balaban J connectivity index is 1.98. The van der Waals surface area contributed by atoms with Crippen LogP contribution in [0.25, 0.3) is 22.3 Å². The molecule has 0 N–H and O–H groups in total. The fourth-order valence-corrected chi connectivity index (χ4v) is 3.97. The van der Waals surface area contributed by atoms with Crippen LogP contribution in [0.5, 0.6) is 0 Å². The van der Waals surface area contributed by atoms with E-state index in [1.54, 1.807) is 0 Å². The van der Waals surface area contributed by atoms with Crippen LogP contribution in [0.3, 0.4) is 0 Å². The van der Waals surface area contributed by atoms with E-state index >= 15 is 0 Å². The minimum Gasteiger partial charge on any atom is -0.0654 e. The molecule has 146 valence electrons. The molecule has 0 nitrogen and oxygen atoms in total. The molecule has 0 atom stereocenters. The van der Waals surface area contributed by atoms with Gasteiger partial charge in [-0.2, -0.15) is 0 Å². The average Bonchev–Trinajstić information content (AvgIpc) is 2.75. The second kappa shape index (κ2) is 10.9. The predicted molar refractivity (Wildman–Crippen MR) is 124 cm³/mol. The van der Waals surface area contributed by atoms with Gasteiger partial charge in [0.25, 0.3) is 0 Å². The van der Waals surface area contributed by atoms with Crippen molar-refractivity contribution >= 4 is 0 Å². The van der Waals surface area contributed by atoms with Crippen LogP contribution in [0.4, 0.5) is 0 Å². The zero-order valence-corrected chi connectivity index (χ0v) is 17.6. The van der Waals surface area contributed by atoms with Gasteiger partial charge in [-0.1, -0.05) is 112 Å². The Labute approximate surface area is 171 Å². The second-order valence-electron chi connectivity index (χ2n) is 7.86. The lowest BCUT2D eigenvalue weighted by atomic mass is 9.90. The molecule has 0 unspecified atom stereocenters. The summed E-state index contributed by atoms with van der Waals surface area (Å²) in [6, 6.07) is 27.0. The Morgan fingerprint density at radius 1 is 0.500 bits per heavy atom. The van der Waals surface area contributed by atoms with E-state index in [9.17, 15) is 0 Å². The Kier molecular flexibility index (Phi) is 7.91. The van der Waals surface area contributed by atoms with E-state index in [1.807, 2.05) is 0 Å². The molecule has 0 heteroatoms. The van der Waals surface area contributed by atoms with Crippen molar-refractivity contribution < 1.29 is 0 Å². The topological polar surface area (TPSA) is 0 Å². The molecule has 0 amide bonds. The van der Waals surface area contributed by atoms with Crippen LogP contribution in [0.15, 0.2) is 72.8 Å². The molecule has 0 aliphatic heterocycles. The molecule has 0 heterocycles. The van der Waals surface area contributed by atoms with Crippen molar-refractivity contribution in [2.24, 2.45) is 0 Å². The van der Waals surface area contributed by atoms with E-state index in [0.717, 1.165) is 0 Å². The van der Waals surface area contributed by atoms with Gasteiger partial charge in [0.15, 0.2) is 0 Å². The zero-order chi connectivity index (χ0) is 19.6. The summed E-state index contributed by atoms with van der Waals surface area (Å²) >= 11 is 0. The Morgan fingerprint density at radius 3 is 1.54 bits per heavy atom. The first-order chi connectivity index (χ1) is 13.8. The minimum absolute atomic E-state index is 1.19. The summed E-state index contributed by atoms with van der Waals surface area (Å²) < 4.78 is 0. The molecule has 0 aliphatic rings. The van der Waals surface area contributed by atoms with E-state index in [4.69, 9.17) is 0 Å². The molecular weight excluding hydrogens is 336 g/mol. The van der Waals surface area contributed by atoms with Crippen molar-refractivity contribution in [3.8, 4) is 22.3 Å². The Hall–Kier alpha value is -2.34. The van der Waals surface area contributed by atoms with Crippen molar-refractivity contribution in [1.82, 2.24) is 0 Å². The first-order valence-electron chi connectivity index (χ1n) is 11.1. The molecule has 0 aromatic heterocycles. The molecule has 3 aromatic carbocycles. The van der Waals surface area contributed by atoms with Crippen molar-refractivity contribution in [3.05, 3.63) is 83.9 Å². The predicted octanol–water partition coefficient (Wildman–Crippen LogP) is 8.49. The van der Waals surface area contributed by atoms with Crippen LogP contribution >= 0.6 is 0 Å². The molecule has 28 heavy (non-hydrogen) atoms. The third-order valence-corrected chi connectivity index (χ3v) is 5.51. The minimum atomic E-state index is 1.19. The van der Waals surface area contributed by atoms with Gasteiger partial charge in [0.2, 0.25) is 0 Å². The van der Waals surface area contributed by atoms with Gasteiger partial charge in [-0.15, -0.1) is 0 Å². The van der Waals surface area contributed by atoms with Crippen LogP contribution in [-0.2, 0) is 12.8 Å². The van der Waals surface area contributed by atoms with E-state index < -0.39 is 0 Å². The third-order valence-electron chi connectivity index (χ3n) is 5.51. The highest BCUT2D eigenvalue weighted by Crippen LogP contribution is 2.33. The number of aryl methyl sites for hydroxylation is 2. The highest BCUT2D eigenvalue weighted by atomic mass is 14.1. The van der Waals surface area contributed by atoms with Gasteiger partial charge >= 0.3 is 0 Å². The maximum Gasteiger partial charge on any atom is -0.0105 e. The monoisotopic (exact) mass is 370 g/mol. The van der Waals surface area contributed by atoms with E-state index in [2.05, 4.69) is 86.6 Å². The van der Waals surface area contributed by atoms with Crippen LogP contribution < -0.4 is 0 Å². The standard InChI is InChI=1S/C28H34/c1-3-5-8-14-23-20-24(15-9-6-4-2)22-26(21-23)28-19-13-12-18-27(28)25-16-10-7-11-17-25/h7,10-13,16-22H,3-6,8-9,14-15H2,1-2H3. The molecule has 0 saturated heterocycles. The van der Waals surface area contributed by atoms with Crippen molar-refractivity contribution in [2.45, 2.75) is 65.2 Å². The molecule has 3 aromatic rings. The molecule has 0 saturated carbocycles. The number of hydrogen-bond acceptors (Lipinski definition) is 0.